The van der Waals surface area contributed by atoms with Gasteiger partial charge in [-0.2, -0.15) is 5.26 Å². The van der Waals surface area contributed by atoms with Gasteiger partial charge in [0.05, 0.1) is 6.07 Å². The fourth-order valence-electron chi connectivity index (χ4n) is 3.07. The van der Waals surface area contributed by atoms with Gasteiger partial charge in [-0.1, -0.05) is 43.7 Å². The molecule has 0 bridgehead atoms. The molecule has 0 amide bonds. The van der Waals surface area contributed by atoms with Gasteiger partial charge in [0.2, 0.25) is 0 Å². The van der Waals surface area contributed by atoms with Crippen LogP contribution in [0.5, 0.6) is 0 Å². The third-order valence-electron chi connectivity index (χ3n) is 4.20. The molecule has 1 fully saturated rings. The van der Waals surface area contributed by atoms with Gasteiger partial charge in [-0.3, -0.25) is 0 Å². The van der Waals surface area contributed by atoms with Crippen LogP contribution < -0.4 is 0 Å². The van der Waals surface area contributed by atoms with Crippen LogP contribution in [0.4, 0.5) is 0 Å². The summed E-state index contributed by atoms with van der Waals surface area (Å²) in [5.74, 6) is 1.35. The van der Waals surface area contributed by atoms with Crippen molar-refractivity contribution in [1.82, 2.24) is 0 Å². The summed E-state index contributed by atoms with van der Waals surface area (Å²) in [5.41, 5.74) is 2.96. The van der Waals surface area contributed by atoms with Crippen LogP contribution in [0, 0.1) is 17.2 Å². The maximum Gasteiger partial charge on any atom is 0.0908 e. The van der Waals surface area contributed by atoms with Crippen LogP contribution in [-0.2, 0) is 6.42 Å². The van der Waals surface area contributed by atoms with Crippen molar-refractivity contribution in [2.24, 2.45) is 5.92 Å². The highest BCUT2D eigenvalue weighted by Gasteiger charge is 2.20. The molecule has 0 unspecified atom stereocenters. The van der Waals surface area contributed by atoms with Gasteiger partial charge < -0.3 is 0 Å². The van der Waals surface area contributed by atoms with E-state index in [-0.39, 0.29) is 0 Å². The van der Waals surface area contributed by atoms with E-state index in [0.717, 1.165) is 5.92 Å². The Kier molecular flexibility index (Phi) is 5.21. The quantitative estimate of drug-likeness (QED) is 0.693. The van der Waals surface area contributed by atoms with E-state index in [1.807, 2.05) is 0 Å². The zero-order valence-corrected chi connectivity index (χ0v) is 11.8. The van der Waals surface area contributed by atoms with Crippen molar-refractivity contribution in [3.05, 3.63) is 47.5 Å². The molecule has 19 heavy (non-hydrogen) atoms. The monoisotopic (exact) mass is 253 g/mol. The van der Waals surface area contributed by atoms with Gasteiger partial charge in [0.25, 0.3) is 0 Å². The summed E-state index contributed by atoms with van der Waals surface area (Å²) in [7, 11) is 0. The van der Waals surface area contributed by atoms with Gasteiger partial charge >= 0.3 is 0 Å². The largest absolute Gasteiger partial charge is 0.193 e. The maximum atomic E-state index is 8.56. The van der Waals surface area contributed by atoms with Crippen LogP contribution in [0.1, 0.15) is 56.1 Å². The third-order valence-corrected chi connectivity index (χ3v) is 4.20. The molecule has 100 valence electrons. The van der Waals surface area contributed by atoms with E-state index in [9.17, 15) is 0 Å². The molecule has 1 heteroatoms. The molecule has 1 nitrogen and oxygen atoms in total. The second-order valence-corrected chi connectivity index (χ2v) is 5.59. The van der Waals surface area contributed by atoms with E-state index in [4.69, 9.17) is 5.26 Å². The van der Waals surface area contributed by atoms with Crippen molar-refractivity contribution in [3.8, 4) is 6.07 Å². The summed E-state index contributed by atoms with van der Waals surface area (Å²) in [4.78, 5) is 0. The lowest BCUT2D eigenvalue weighted by atomic mass is 9.78. The second kappa shape index (κ2) is 7.14. The SMILES string of the molecule is CCCc1ccc([C@H]2CC[C@H](/C=C/C#N)CC2)cc1. The Balaban J connectivity index is 1.90. The topological polar surface area (TPSA) is 23.8 Å². The number of allylic oxidation sites excluding steroid dienone is 2. The van der Waals surface area contributed by atoms with Crippen molar-refractivity contribution in [3.63, 3.8) is 0 Å². The van der Waals surface area contributed by atoms with Gasteiger partial charge in [-0.15, -0.1) is 0 Å². The fourth-order valence-corrected chi connectivity index (χ4v) is 3.07. The van der Waals surface area contributed by atoms with Crippen LogP contribution in [-0.4, -0.2) is 0 Å². The molecule has 0 heterocycles. The Bertz CT molecular complexity index is 442. The molecule has 1 aromatic carbocycles. The molecule has 1 aliphatic carbocycles. The second-order valence-electron chi connectivity index (χ2n) is 5.59. The Morgan fingerprint density at radius 2 is 1.84 bits per heavy atom. The molecule has 0 saturated heterocycles. The van der Waals surface area contributed by atoms with E-state index in [1.165, 1.54) is 49.7 Å². The van der Waals surface area contributed by atoms with Crippen LogP contribution in [0.2, 0.25) is 0 Å². The van der Waals surface area contributed by atoms with Crippen molar-refractivity contribution in [2.45, 2.75) is 51.4 Å². The molecule has 1 aliphatic rings. The lowest BCUT2D eigenvalue weighted by molar-refractivity contribution is 0.376. The predicted octanol–water partition coefficient (Wildman–Crippen LogP) is 4.99. The maximum absolute atomic E-state index is 8.56. The molecular formula is C18H23N. The molecule has 1 saturated carbocycles. The summed E-state index contributed by atoms with van der Waals surface area (Å²) >= 11 is 0. The van der Waals surface area contributed by atoms with E-state index >= 15 is 0 Å². The molecule has 0 aromatic heterocycles. The normalized spacial score (nSPS) is 23.4. The summed E-state index contributed by atoms with van der Waals surface area (Å²) in [6.07, 6.45) is 11.1. The Morgan fingerprint density at radius 3 is 2.42 bits per heavy atom. The number of hydrogen-bond donors (Lipinski definition) is 0. The average Bonchev–Trinajstić information content (AvgIpc) is 2.47. The highest BCUT2D eigenvalue weighted by molar-refractivity contribution is 5.26. The molecule has 2 rings (SSSR count). The summed E-state index contributed by atoms with van der Waals surface area (Å²) in [5, 5.41) is 8.56. The van der Waals surface area contributed by atoms with Crippen molar-refractivity contribution in [2.75, 3.05) is 0 Å². The summed E-state index contributed by atoms with van der Waals surface area (Å²) in [6.45, 7) is 2.23. The molecule has 0 radical (unpaired) electrons. The first-order valence-corrected chi connectivity index (χ1v) is 7.48. The Morgan fingerprint density at radius 1 is 1.16 bits per heavy atom. The molecule has 1 aromatic rings. The minimum absolute atomic E-state index is 0.621. The number of aryl methyl sites for hydroxylation is 1. The van der Waals surface area contributed by atoms with Crippen LogP contribution in [0.15, 0.2) is 36.4 Å². The van der Waals surface area contributed by atoms with Gasteiger partial charge in [0, 0.05) is 6.08 Å². The van der Waals surface area contributed by atoms with Crippen LogP contribution in [0.3, 0.4) is 0 Å². The highest BCUT2D eigenvalue weighted by atomic mass is 14.3. The highest BCUT2D eigenvalue weighted by Crippen LogP contribution is 2.36. The van der Waals surface area contributed by atoms with Crippen LogP contribution in [0.25, 0.3) is 0 Å². The molecule has 0 atom stereocenters. The van der Waals surface area contributed by atoms with Gasteiger partial charge in [-0.05, 0) is 55.1 Å². The standard InChI is InChI=1S/C18H23N/c1-2-4-15-6-10-17(11-7-15)18-12-8-16(9-13-18)5-3-14-19/h3,5-7,10-11,16,18H,2,4,8-9,12-13H2,1H3/b5-3+/t16-,18-. The van der Waals surface area contributed by atoms with Gasteiger partial charge in [0.1, 0.15) is 0 Å². The van der Waals surface area contributed by atoms with E-state index in [1.54, 1.807) is 6.08 Å². The summed E-state index contributed by atoms with van der Waals surface area (Å²) < 4.78 is 0. The van der Waals surface area contributed by atoms with Crippen molar-refractivity contribution in [1.29, 1.82) is 5.26 Å². The lowest BCUT2D eigenvalue weighted by Gasteiger charge is -2.27. The number of nitrogens with zero attached hydrogens (tertiary/aromatic N) is 1. The molecule has 0 N–H and O–H groups in total. The smallest absolute Gasteiger partial charge is 0.0908 e. The Hall–Kier alpha value is -1.55. The summed E-state index contributed by atoms with van der Waals surface area (Å²) in [6, 6.07) is 11.3. The fraction of sp³-hybridized carbons (Fsp3) is 0.500. The first-order chi connectivity index (χ1) is 9.33. The average molecular weight is 253 g/mol. The lowest BCUT2D eigenvalue weighted by Crippen LogP contribution is -2.11. The zero-order chi connectivity index (χ0) is 13.5. The van der Waals surface area contributed by atoms with E-state index in [0.29, 0.717) is 5.92 Å². The number of rotatable bonds is 4. The minimum atomic E-state index is 0.621. The molecule has 0 spiro atoms. The zero-order valence-electron chi connectivity index (χ0n) is 11.8. The number of benzene rings is 1. The molecule has 0 aliphatic heterocycles. The Labute approximate surface area is 117 Å². The predicted molar refractivity (Wildman–Crippen MR) is 79.9 cm³/mol. The van der Waals surface area contributed by atoms with E-state index < -0.39 is 0 Å². The third kappa shape index (κ3) is 3.96. The molecular weight excluding hydrogens is 230 g/mol. The van der Waals surface area contributed by atoms with Crippen molar-refractivity contribution >= 4 is 0 Å². The first kappa shape index (κ1) is 13.9. The number of nitriles is 1. The van der Waals surface area contributed by atoms with Crippen LogP contribution >= 0.6 is 0 Å². The van der Waals surface area contributed by atoms with Crippen molar-refractivity contribution < 1.29 is 0 Å². The van der Waals surface area contributed by atoms with Gasteiger partial charge in [0.15, 0.2) is 0 Å². The first-order valence-electron chi connectivity index (χ1n) is 7.48. The van der Waals surface area contributed by atoms with E-state index in [2.05, 4.69) is 43.3 Å². The minimum Gasteiger partial charge on any atom is -0.193 e. The number of hydrogen-bond acceptors (Lipinski definition) is 1. The van der Waals surface area contributed by atoms with Gasteiger partial charge in [-0.25, -0.2) is 0 Å².